The lowest BCUT2D eigenvalue weighted by atomic mass is 9.99. The summed E-state index contributed by atoms with van der Waals surface area (Å²) in [5.41, 5.74) is 0. The van der Waals surface area contributed by atoms with Gasteiger partial charge in [-0.1, -0.05) is 210 Å². The molecule has 392 valence electrons. The molecule has 0 radical (unpaired) electrons. The zero-order chi connectivity index (χ0) is 49.0. The summed E-state index contributed by atoms with van der Waals surface area (Å²) in [6.07, 6.45) is 45.0. The summed E-state index contributed by atoms with van der Waals surface area (Å²) in [6, 6.07) is -1.22. The first-order chi connectivity index (χ1) is 32.7. The van der Waals surface area contributed by atoms with Gasteiger partial charge in [0.25, 0.3) is 0 Å². The van der Waals surface area contributed by atoms with Crippen LogP contribution in [0.4, 0.5) is 0 Å². The fourth-order valence-electron chi connectivity index (χ4n) is 8.56. The quantitative estimate of drug-likeness (QED) is 0.0215. The van der Waals surface area contributed by atoms with E-state index in [4.69, 9.17) is 9.47 Å². The third-order valence-corrected chi connectivity index (χ3v) is 13.1. The van der Waals surface area contributed by atoms with Gasteiger partial charge in [0, 0.05) is 6.42 Å². The minimum Gasteiger partial charge on any atom is -0.394 e. The molecule has 8 N–H and O–H groups in total. The van der Waals surface area contributed by atoms with E-state index in [1.54, 1.807) is 6.08 Å². The summed E-state index contributed by atoms with van der Waals surface area (Å²) in [5, 5.41) is 75.7. The van der Waals surface area contributed by atoms with Crippen LogP contribution >= 0.6 is 0 Å². The highest BCUT2D eigenvalue weighted by molar-refractivity contribution is 5.81. The summed E-state index contributed by atoms with van der Waals surface area (Å²) in [7, 11) is 0. The Morgan fingerprint density at radius 1 is 0.537 bits per heavy atom. The number of carbonyl (C=O) groups excluding carboxylic acids is 1. The first-order valence-corrected chi connectivity index (χ1v) is 27.5. The molecule has 9 atom stereocenters. The predicted octanol–water partition coefficient (Wildman–Crippen LogP) is 10.9. The minimum atomic E-state index is -1.68. The number of rotatable bonds is 46. The van der Waals surface area contributed by atoms with Crippen molar-refractivity contribution in [3.05, 3.63) is 48.6 Å². The van der Waals surface area contributed by atoms with E-state index in [0.29, 0.717) is 19.3 Å². The number of hydrogen-bond acceptors (Lipinski definition) is 10. The van der Waals surface area contributed by atoms with E-state index in [1.165, 1.54) is 161 Å². The SMILES string of the molecule is CCCCCCCC/C=C\C/C=C\CC(O)C(=O)NC(COC1OC(CO)C(O)C(O)C1O)C(O)C(O)CCC/C=C/CC/C=C/CCCCCCCCCCCCCCCCCCCCC. The molecule has 1 aliphatic heterocycles. The molecule has 0 saturated carbocycles. The van der Waals surface area contributed by atoms with Crippen molar-refractivity contribution >= 4 is 5.91 Å². The van der Waals surface area contributed by atoms with E-state index in [2.05, 4.69) is 55.6 Å². The van der Waals surface area contributed by atoms with E-state index < -0.39 is 74.2 Å². The van der Waals surface area contributed by atoms with Crippen LogP contribution in [-0.2, 0) is 14.3 Å². The second kappa shape index (κ2) is 45.2. The third-order valence-electron chi connectivity index (χ3n) is 13.1. The van der Waals surface area contributed by atoms with Gasteiger partial charge in [-0.15, -0.1) is 0 Å². The van der Waals surface area contributed by atoms with Gasteiger partial charge in [0.05, 0.1) is 25.4 Å². The van der Waals surface area contributed by atoms with Crippen molar-refractivity contribution in [2.24, 2.45) is 0 Å². The number of hydrogen-bond donors (Lipinski definition) is 8. The normalized spacial score (nSPS) is 21.0. The van der Waals surface area contributed by atoms with Crippen molar-refractivity contribution < 1.29 is 50.0 Å². The number of unbranched alkanes of at least 4 members (excludes halogenated alkanes) is 27. The van der Waals surface area contributed by atoms with Gasteiger partial charge in [-0.05, 0) is 64.2 Å². The summed E-state index contributed by atoms with van der Waals surface area (Å²) < 4.78 is 11.1. The zero-order valence-corrected chi connectivity index (χ0v) is 42.6. The Morgan fingerprint density at radius 3 is 1.43 bits per heavy atom. The van der Waals surface area contributed by atoms with Crippen LogP contribution in [0, 0.1) is 0 Å². The summed E-state index contributed by atoms with van der Waals surface area (Å²) in [6.45, 7) is 3.38. The van der Waals surface area contributed by atoms with Gasteiger partial charge >= 0.3 is 0 Å². The van der Waals surface area contributed by atoms with Crippen molar-refractivity contribution in [1.29, 1.82) is 0 Å². The lowest BCUT2D eigenvalue weighted by Gasteiger charge is -2.40. The number of allylic oxidation sites excluding steroid dienone is 7. The molecular formula is C56H103NO10. The topological polar surface area (TPSA) is 189 Å². The number of amides is 1. The van der Waals surface area contributed by atoms with Gasteiger partial charge < -0.3 is 50.5 Å². The standard InChI is InChI=1S/C56H103NO10/c1-3-5-7-9-11-13-15-17-18-19-20-21-22-23-24-25-26-27-28-29-30-31-32-34-35-37-39-41-43-48(59)51(61)47(46-66-56-54(64)53(63)52(62)50(45-58)67-56)57-55(65)49(60)44-42-40-38-36-33-16-14-12-10-8-6-4-2/h30-31,33,35-37,40,42,47-54,56,58-64H,3-29,32,34,38-39,41,43-46H2,1-2H3,(H,57,65)/b31-30+,36-33-,37-35+,42-40-. The predicted molar refractivity (Wildman–Crippen MR) is 275 cm³/mol. The smallest absolute Gasteiger partial charge is 0.249 e. The highest BCUT2D eigenvalue weighted by atomic mass is 16.7. The summed E-state index contributed by atoms with van der Waals surface area (Å²) in [5.74, 6) is -0.778. The molecule has 0 aromatic rings. The van der Waals surface area contributed by atoms with E-state index >= 15 is 0 Å². The fourth-order valence-corrected chi connectivity index (χ4v) is 8.56. The monoisotopic (exact) mass is 950 g/mol. The van der Waals surface area contributed by atoms with Crippen LogP contribution in [0.5, 0.6) is 0 Å². The molecule has 67 heavy (non-hydrogen) atoms. The van der Waals surface area contributed by atoms with Crippen LogP contribution in [-0.4, -0.2) is 110 Å². The Morgan fingerprint density at radius 2 is 0.955 bits per heavy atom. The summed E-state index contributed by atoms with van der Waals surface area (Å²) in [4.78, 5) is 13.1. The van der Waals surface area contributed by atoms with Crippen LogP contribution in [0.2, 0.25) is 0 Å². The van der Waals surface area contributed by atoms with Gasteiger partial charge in [-0.2, -0.15) is 0 Å². The maximum atomic E-state index is 13.1. The van der Waals surface area contributed by atoms with Crippen LogP contribution in [0.15, 0.2) is 48.6 Å². The molecule has 1 fully saturated rings. The highest BCUT2D eigenvalue weighted by Gasteiger charge is 2.44. The van der Waals surface area contributed by atoms with Crippen molar-refractivity contribution in [3.63, 3.8) is 0 Å². The molecule has 1 rings (SSSR count). The second-order valence-corrected chi connectivity index (χ2v) is 19.3. The van der Waals surface area contributed by atoms with Gasteiger partial charge in [0.1, 0.15) is 36.6 Å². The molecule has 0 aliphatic carbocycles. The molecule has 0 spiro atoms. The fraction of sp³-hybridized carbons (Fsp3) is 0.839. The van der Waals surface area contributed by atoms with Gasteiger partial charge in [0.15, 0.2) is 6.29 Å². The van der Waals surface area contributed by atoms with Crippen molar-refractivity contribution in [1.82, 2.24) is 5.32 Å². The summed E-state index contributed by atoms with van der Waals surface area (Å²) >= 11 is 0. The molecule has 0 aromatic carbocycles. The molecule has 0 bridgehead atoms. The number of ether oxygens (including phenoxy) is 2. The lowest BCUT2D eigenvalue weighted by Crippen LogP contribution is -2.60. The van der Waals surface area contributed by atoms with E-state index in [-0.39, 0.29) is 12.8 Å². The average Bonchev–Trinajstić information content (AvgIpc) is 3.33. The Bertz CT molecular complexity index is 1230. The minimum absolute atomic E-state index is 0.0395. The maximum Gasteiger partial charge on any atom is 0.249 e. The molecule has 1 saturated heterocycles. The Kier molecular flexibility index (Phi) is 42.6. The second-order valence-electron chi connectivity index (χ2n) is 19.3. The van der Waals surface area contributed by atoms with Crippen molar-refractivity contribution in [2.75, 3.05) is 13.2 Å². The van der Waals surface area contributed by atoms with Gasteiger partial charge in [-0.25, -0.2) is 0 Å². The zero-order valence-electron chi connectivity index (χ0n) is 42.6. The third kappa shape index (κ3) is 34.1. The molecule has 1 amide bonds. The molecule has 9 unspecified atom stereocenters. The van der Waals surface area contributed by atoms with Crippen LogP contribution in [0.25, 0.3) is 0 Å². The maximum absolute atomic E-state index is 13.1. The number of aliphatic hydroxyl groups excluding tert-OH is 7. The van der Waals surface area contributed by atoms with Gasteiger partial charge in [0.2, 0.25) is 5.91 Å². The van der Waals surface area contributed by atoms with Crippen molar-refractivity contribution in [2.45, 2.75) is 287 Å². The number of nitrogens with one attached hydrogen (secondary N) is 1. The van der Waals surface area contributed by atoms with Crippen LogP contribution in [0.3, 0.4) is 0 Å². The van der Waals surface area contributed by atoms with E-state index in [9.17, 15) is 40.5 Å². The lowest BCUT2D eigenvalue weighted by molar-refractivity contribution is -0.303. The molecule has 11 heteroatoms. The Labute approximate surface area is 409 Å². The average molecular weight is 950 g/mol. The molecular weight excluding hydrogens is 847 g/mol. The first kappa shape index (κ1) is 63.1. The number of aliphatic hydroxyl groups is 7. The van der Waals surface area contributed by atoms with E-state index in [1.807, 2.05) is 6.08 Å². The molecule has 1 aliphatic rings. The van der Waals surface area contributed by atoms with Crippen molar-refractivity contribution in [3.8, 4) is 0 Å². The van der Waals surface area contributed by atoms with Crippen LogP contribution < -0.4 is 5.32 Å². The largest absolute Gasteiger partial charge is 0.394 e. The van der Waals surface area contributed by atoms with E-state index in [0.717, 1.165) is 25.7 Å². The molecule has 1 heterocycles. The first-order valence-electron chi connectivity index (χ1n) is 27.5. The Balaban J connectivity index is 2.33. The highest BCUT2D eigenvalue weighted by Crippen LogP contribution is 2.23. The number of carbonyl (C=O) groups is 1. The van der Waals surface area contributed by atoms with Gasteiger partial charge in [-0.3, -0.25) is 4.79 Å². The molecule has 11 nitrogen and oxygen atoms in total. The Hall–Kier alpha value is -1.93. The van der Waals surface area contributed by atoms with Crippen LogP contribution in [0.1, 0.15) is 232 Å². The molecule has 0 aromatic heterocycles.